The van der Waals surface area contributed by atoms with Crippen LogP contribution < -0.4 is 10.1 Å². The van der Waals surface area contributed by atoms with Crippen LogP contribution >= 0.6 is 0 Å². The second kappa shape index (κ2) is 9.05. The Bertz CT molecular complexity index is 640. The van der Waals surface area contributed by atoms with Crippen molar-refractivity contribution in [3.63, 3.8) is 0 Å². The number of nitrogens with one attached hydrogen (secondary N) is 1. The molecule has 0 saturated heterocycles. The lowest BCUT2D eigenvalue weighted by Crippen LogP contribution is -2.29. The monoisotopic (exact) mass is 330 g/mol. The maximum absolute atomic E-state index is 11.9. The Balaban J connectivity index is 1.69. The van der Waals surface area contributed by atoms with Crippen molar-refractivity contribution in [2.45, 2.75) is 46.1 Å². The summed E-state index contributed by atoms with van der Waals surface area (Å²) in [5, 5.41) is 7.02. The number of carbonyl (C=O) groups excluding carboxylic acids is 1. The molecule has 6 heteroatoms. The van der Waals surface area contributed by atoms with Crippen molar-refractivity contribution in [3.8, 4) is 5.75 Å². The number of aromatic nitrogens is 3. The van der Waals surface area contributed by atoms with Crippen molar-refractivity contribution in [2.24, 2.45) is 0 Å². The molecule has 0 spiro atoms. The number of aryl methyl sites for hydroxylation is 2. The molecule has 0 aliphatic carbocycles. The average Bonchev–Trinajstić information content (AvgIpc) is 3.10. The van der Waals surface area contributed by atoms with E-state index >= 15 is 0 Å². The zero-order valence-electron chi connectivity index (χ0n) is 14.7. The van der Waals surface area contributed by atoms with E-state index in [1.165, 1.54) is 11.9 Å². The highest BCUT2D eigenvalue weighted by atomic mass is 16.5. The normalized spacial score (nSPS) is 12.0. The summed E-state index contributed by atoms with van der Waals surface area (Å²) in [6.07, 6.45) is 5.40. The molecule has 130 valence electrons. The van der Waals surface area contributed by atoms with Crippen LogP contribution in [0.3, 0.4) is 0 Å². The summed E-state index contributed by atoms with van der Waals surface area (Å²) >= 11 is 0. The van der Waals surface area contributed by atoms with E-state index in [0.717, 1.165) is 24.2 Å². The smallest absolute Gasteiger partial charge is 0.220 e. The lowest BCUT2D eigenvalue weighted by molar-refractivity contribution is -0.121. The minimum atomic E-state index is 0.0737. The van der Waals surface area contributed by atoms with Gasteiger partial charge in [-0.2, -0.15) is 5.10 Å². The van der Waals surface area contributed by atoms with Crippen LogP contribution in [0.4, 0.5) is 0 Å². The Morgan fingerprint density at radius 1 is 1.42 bits per heavy atom. The first-order chi connectivity index (χ1) is 11.6. The number of nitrogens with zero attached hydrogens (tertiary/aromatic N) is 3. The number of hydrogen-bond acceptors (Lipinski definition) is 4. The molecule has 0 aliphatic heterocycles. The average molecular weight is 330 g/mol. The molecule has 0 fully saturated rings. The molecule has 0 radical (unpaired) electrons. The summed E-state index contributed by atoms with van der Waals surface area (Å²) in [6.45, 7) is 7.26. The minimum Gasteiger partial charge on any atom is -0.494 e. The second-order valence-corrected chi connectivity index (χ2v) is 5.92. The van der Waals surface area contributed by atoms with Crippen LogP contribution in [0.25, 0.3) is 0 Å². The summed E-state index contributed by atoms with van der Waals surface area (Å²) in [5.41, 5.74) is 2.38. The standard InChI is InChI=1S/C18H26N4O2/c1-4-24-17-9-8-16(10-14(17)2)6-5-7-18(23)20-11-15(3)22-13-19-12-21-22/h8-10,12-13,15H,4-7,11H2,1-3H3,(H,20,23)/t15-/m1/s1. The van der Waals surface area contributed by atoms with Crippen molar-refractivity contribution >= 4 is 5.91 Å². The zero-order chi connectivity index (χ0) is 17.4. The fourth-order valence-corrected chi connectivity index (χ4v) is 2.53. The van der Waals surface area contributed by atoms with Gasteiger partial charge in [-0.1, -0.05) is 12.1 Å². The molecule has 0 aliphatic rings. The van der Waals surface area contributed by atoms with Crippen LogP contribution in [0.15, 0.2) is 30.9 Å². The molecule has 1 amide bonds. The molecule has 1 aromatic heterocycles. The van der Waals surface area contributed by atoms with Crippen LogP contribution in [0, 0.1) is 6.92 Å². The number of benzene rings is 1. The Morgan fingerprint density at radius 2 is 2.25 bits per heavy atom. The molecule has 1 atom stereocenters. The quantitative estimate of drug-likeness (QED) is 0.767. The first-order valence-electron chi connectivity index (χ1n) is 8.43. The minimum absolute atomic E-state index is 0.0737. The van der Waals surface area contributed by atoms with Crippen molar-refractivity contribution in [1.29, 1.82) is 0 Å². The Kier molecular flexibility index (Phi) is 6.78. The van der Waals surface area contributed by atoms with E-state index in [2.05, 4.69) is 27.5 Å². The molecule has 0 saturated carbocycles. The summed E-state index contributed by atoms with van der Waals surface area (Å²) in [5.74, 6) is 1.01. The molecule has 1 N–H and O–H groups in total. The number of hydrogen-bond donors (Lipinski definition) is 1. The fourth-order valence-electron chi connectivity index (χ4n) is 2.53. The number of amides is 1. The van der Waals surface area contributed by atoms with E-state index in [-0.39, 0.29) is 11.9 Å². The number of carbonyl (C=O) groups is 1. The van der Waals surface area contributed by atoms with Gasteiger partial charge in [-0.05, 0) is 50.8 Å². The van der Waals surface area contributed by atoms with E-state index in [4.69, 9.17) is 4.74 Å². The van der Waals surface area contributed by atoms with Gasteiger partial charge in [0.15, 0.2) is 0 Å². The lowest BCUT2D eigenvalue weighted by Gasteiger charge is -2.12. The third kappa shape index (κ3) is 5.37. The van der Waals surface area contributed by atoms with Crippen molar-refractivity contribution in [2.75, 3.05) is 13.2 Å². The van der Waals surface area contributed by atoms with Gasteiger partial charge in [-0.15, -0.1) is 0 Å². The van der Waals surface area contributed by atoms with E-state index in [1.54, 1.807) is 11.0 Å². The Hall–Kier alpha value is -2.37. The fraction of sp³-hybridized carbons (Fsp3) is 0.500. The van der Waals surface area contributed by atoms with Crippen molar-refractivity contribution in [3.05, 3.63) is 42.0 Å². The van der Waals surface area contributed by atoms with Gasteiger partial charge in [0, 0.05) is 13.0 Å². The van der Waals surface area contributed by atoms with E-state index in [1.807, 2.05) is 26.8 Å². The first-order valence-corrected chi connectivity index (χ1v) is 8.43. The first kappa shape index (κ1) is 18.0. The highest BCUT2D eigenvalue weighted by molar-refractivity contribution is 5.75. The highest BCUT2D eigenvalue weighted by Gasteiger charge is 2.08. The van der Waals surface area contributed by atoms with E-state index in [0.29, 0.717) is 19.6 Å². The third-order valence-electron chi connectivity index (χ3n) is 3.89. The van der Waals surface area contributed by atoms with E-state index in [9.17, 15) is 4.79 Å². The molecule has 2 rings (SSSR count). The number of rotatable bonds is 9. The van der Waals surface area contributed by atoms with Gasteiger partial charge in [-0.3, -0.25) is 4.79 Å². The van der Waals surface area contributed by atoms with Gasteiger partial charge >= 0.3 is 0 Å². The maximum atomic E-state index is 11.9. The van der Waals surface area contributed by atoms with Crippen LogP contribution in [0.2, 0.25) is 0 Å². The van der Waals surface area contributed by atoms with Gasteiger partial charge in [0.05, 0.1) is 12.6 Å². The molecule has 0 unspecified atom stereocenters. The van der Waals surface area contributed by atoms with Gasteiger partial charge in [-0.25, -0.2) is 9.67 Å². The molecule has 2 aromatic rings. The molecule has 6 nitrogen and oxygen atoms in total. The topological polar surface area (TPSA) is 69.0 Å². The molecule has 1 heterocycles. The van der Waals surface area contributed by atoms with Crippen molar-refractivity contribution < 1.29 is 9.53 Å². The second-order valence-electron chi connectivity index (χ2n) is 5.92. The SMILES string of the molecule is CCOc1ccc(CCCC(=O)NC[C@@H](C)n2cncn2)cc1C. The van der Waals surface area contributed by atoms with Crippen LogP contribution in [0.5, 0.6) is 5.75 Å². The summed E-state index contributed by atoms with van der Waals surface area (Å²) in [7, 11) is 0. The molecule has 24 heavy (non-hydrogen) atoms. The van der Waals surface area contributed by atoms with Gasteiger partial charge in [0.1, 0.15) is 18.4 Å². The predicted octanol–water partition coefficient (Wildman–Crippen LogP) is 2.69. The summed E-state index contributed by atoms with van der Waals surface area (Å²) in [4.78, 5) is 15.8. The molecule has 0 bridgehead atoms. The van der Waals surface area contributed by atoms with Crippen LogP contribution in [-0.2, 0) is 11.2 Å². The van der Waals surface area contributed by atoms with Crippen molar-refractivity contribution in [1.82, 2.24) is 20.1 Å². The number of ether oxygens (including phenoxy) is 1. The maximum Gasteiger partial charge on any atom is 0.220 e. The Labute approximate surface area is 143 Å². The lowest BCUT2D eigenvalue weighted by atomic mass is 10.0. The van der Waals surface area contributed by atoms with Gasteiger partial charge in [0.25, 0.3) is 0 Å². The predicted molar refractivity (Wildman–Crippen MR) is 93.0 cm³/mol. The molecular weight excluding hydrogens is 304 g/mol. The van der Waals surface area contributed by atoms with Crippen LogP contribution in [-0.4, -0.2) is 33.8 Å². The van der Waals surface area contributed by atoms with Gasteiger partial charge < -0.3 is 10.1 Å². The van der Waals surface area contributed by atoms with Crippen LogP contribution in [0.1, 0.15) is 43.9 Å². The summed E-state index contributed by atoms with van der Waals surface area (Å²) < 4.78 is 7.28. The zero-order valence-corrected chi connectivity index (χ0v) is 14.7. The summed E-state index contributed by atoms with van der Waals surface area (Å²) in [6, 6.07) is 6.32. The highest BCUT2D eigenvalue weighted by Crippen LogP contribution is 2.20. The largest absolute Gasteiger partial charge is 0.494 e. The molecule has 1 aromatic carbocycles. The third-order valence-corrected chi connectivity index (χ3v) is 3.89. The van der Waals surface area contributed by atoms with E-state index < -0.39 is 0 Å². The Morgan fingerprint density at radius 3 is 2.92 bits per heavy atom. The molecular formula is C18H26N4O2. The van der Waals surface area contributed by atoms with Gasteiger partial charge in [0.2, 0.25) is 5.91 Å².